The standard InChI is InChI=1S/C11H10Br2N2O5/c1-20-8(16)4-14-11(19)15-9-6(10(17)18)2-5(12)3-7(9)13/h2-3H,4H2,1H3,(H,17,18)(H2,14,15,19). The largest absolute Gasteiger partial charge is 0.478 e. The summed E-state index contributed by atoms with van der Waals surface area (Å²) in [5.74, 6) is -1.82. The summed E-state index contributed by atoms with van der Waals surface area (Å²) >= 11 is 6.32. The van der Waals surface area contributed by atoms with E-state index >= 15 is 0 Å². The maximum absolute atomic E-state index is 11.6. The Morgan fingerprint density at radius 2 is 1.95 bits per heavy atom. The Morgan fingerprint density at radius 3 is 2.50 bits per heavy atom. The van der Waals surface area contributed by atoms with Crippen molar-refractivity contribution < 1.29 is 24.2 Å². The number of methoxy groups -OCH3 is 1. The number of anilines is 1. The summed E-state index contributed by atoms with van der Waals surface area (Å²) in [6.45, 7) is -0.321. The molecule has 1 aromatic rings. The lowest BCUT2D eigenvalue weighted by Gasteiger charge is -2.12. The molecule has 0 aliphatic rings. The van der Waals surface area contributed by atoms with Gasteiger partial charge >= 0.3 is 18.0 Å². The van der Waals surface area contributed by atoms with Crippen LogP contribution in [0.2, 0.25) is 0 Å². The molecule has 7 nitrogen and oxygen atoms in total. The number of urea groups is 1. The molecule has 2 amide bonds. The quantitative estimate of drug-likeness (QED) is 0.661. The zero-order chi connectivity index (χ0) is 15.3. The second-order valence-corrected chi connectivity index (χ2v) is 5.27. The number of carbonyl (C=O) groups is 3. The van der Waals surface area contributed by atoms with E-state index < -0.39 is 18.0 Å². The van der Waals surface area contributed by atoms with E-state index in [2.05, 4.69) is 47.2 Å². The number of nitrogens with one attached hydrogen (secondary N) is 2. The number of carboxylic acids is 1. The maximum atomic E-state index is 11.6. The van der Waals surface area contributed by atoms with Gasteiger partial charge in [0.15, 0.2) is 0 Å². The van der Waals surface area contributed by atoms with Gasteiger partial charge in [-0.05, 0) is 28.1 Å². The highest BCUT2D eigenvalue weighted by Crippen LogP contribution is 2.30. The number of hydrogen-bond acceptors (Lipinski definition) is 4. The fourth-order valence-electron chi connectivity index (χ4n) is 1.25. The van der Waals surface area contributed by atoms with E-state index in [-0.39, 0.29) is 17.8 Å². The molecular weight excluding hydrogens is 400 g/mol. The third-order valence-electron chi connectivity index (χ3n) is 2.14. The number of benzene rings is 1. The van der Waals surface area contributed by atoms with Crippen LogP contribution in [0.5, 0.6) is 0 Å². The van der Waals surface area contributed by atoms with Crippen LogP contribution in [0.25, 0.3) is 0 Å². The molecule has 0 atom stereocenters. The number of rotatable bonds is 4. The molecule has 0 radical (unpaired) electrons. The molecule has 0 heterocycles. The maximum Gasteiger partial charge on any atom is 0.337 e. The van der Waals surface area contributed by atoms with Crippen LogP contribution in [-0.4, -0.2) is 36.7 Å². The molecule has 0 saturated heterocycles. The molecule has 20 heavy (non-hydrogen) atoms. The Bertz CT molecular complexity index is 562. The number of esters is 1. The fourth-order valence-corrected chi connectivity index (χ4v) is 2.58. The third kappa shape index (κ3) is 4.49. The predicted octanol–water partition coefficient (Wildman–Crippen LogP) is 2.20. The lowest BCUT2D eigenvalue weighted by atomic mass is 10.2. The van der Waals surface area contributed by atoms with Gasteiger partial charge in [-0.2, -0.15) is 0 Å². The van der Waals surface area contributed by atoms with Crippen molar-refractivity contribution in [3.63, 3.8) is 0 Å². The summed E-state index contributed by atoms with van der Waals surface area (Å²) in [7, 11) is 1.19. The van der Waals surface area contributed by atoms with Crippen molar-refractivity contribution in [3.8, 4) is 0 Å². The monoisotopic (exact) mass is 408 g/mol. The minimum atomic E-state index is -1.20. The smallest absolute Gasteiger partial charge is 0.337 e. The number of carboxylic acid groups (broad SMARTS) is 1. The first kappa shape index (κ1) is 16.4. The molecule has 0 aliphatic carbocycles. The number of carbonyl (C=O) groups excluding carboxylic acids is 2. The van der Waals surface area contributed by atoms with Crippen LogP contribution in [0, 0.1) is 0 Å². The van der Waals surface area contributed by atoms with E-state index in [1.807, 2.05) is 0 Å². The Labute approximate surface area is 130 Å². The molecule has 0 aromatic heterocycles. The van der Waals surface area contributed by atoms with E-state index in [0.717, 1.165) is 0 Å². The van der Waals surface area contributed by atoms with Crippen LogP contribution in [-0.2, 0) is 9.53 Å². The zero-order valence-electron chi connectivity index (χ0n) is 10.2. The second-order valence-electron chi connectivity index (χ2n) is 3.50. The number of aromatic carboxylic acids is 1. The van der Waals surface area contributed by atoms with E-state index in [4.69, 9.17) is 5.11 Å². The van der Waals surface area contributed by atoms with Crippen molar-refractivity contribution in [2.75, 3.05) is 19.0 Å². The van der Waals surface area contributed by atoms with Gasteiger partial charge in [0.2, 0.25) is 0 Å². The van der Waals surface area contributed by atoms with Gasteiger partial charge in [-0.25, -0.2) is 9.59 Å². The highest BCUT2D eigenvalue weighted by molar-refractivity contribution is 9.11. The molecule has 0 saturated carbocycles. The zero-order valence-corrected chi connectivity index (χ0v) is 13.4. The minimum absolute atomic E-state index is 0.0862. The Kier molecular flexibility index (Phi) is 5.96. The molecule has 3 N–H and O–H groups in total. The van der Waals surface area contributed by atoms with Gasteiger partial charge in [0.1, 0.15) is 6.54 Å². The summed E-state index contributed by atoms with van der Waals surface area (Å²) < 4.78 is 5.29. The van der Waals surface area contributed by atoms with Crippen LogP contribution in [0.15, 0.2) is 21.1 Å². The van der Waals surface area contributed by atoms with Crippen LogP contribution < -0.4 is 10.6 Å². The lowest BCUT2D eigenvalue weighted by molar-refractivity contribution is -0.139. The summed E-state index contributed by atoms with van der Waals surface area (Å²) in [6, 6.07) is 2.21. The first-order valence-corrected chi connectivity index (χ1v) is 6.77. The van der Waals surface area contributed by atoms with Crippen LogP contribution in [0.1, 0.15) is 10.4 Å². The van der Waals surface area contributed by atoms with Crippen molar-refractivity contribution in [2.24, 2.45) is 0 Å². The van der Waals surface area contributed by atoms with E-state index in [0.29, 0.717) is 8.95 Å². The van der Waals surface area contributed by atoms with Gasteiger partial charge in [-0.1, -0.05) is 15.9 Å². The number of halogens is 2. The van der Waals surface area contributed by atoms with Crippen molar-refractivity contribution in [2.45, 2.75) is 0 Å². The second kappa shape index (κ2) is 7.25. The van der Waals surface area contributed by atoms with Crippen molar-refractivity contribution >= 4 is 55.5 Å². The normalized spacial score (nSPS) is 9.75. The van der Waals surface area contributed by atoms with E-state index in [1.165, 1.54) is 13.2 Å². The van der Waals surface area contributed by atoms with Gasteiger partial charge < -0.3 is 20.5 Å². The molecular formula is C11H10Br2N2O5. The molecule has 1 aromatic carbocycles. The Morgan fingerprint density at radius 1 is 1.30 bits per heavy atom. The predicted molar refractivity (Wildman–Crippen MR) is 77.8 cm³/mol. The summed E-state index contributed by atoms with van der Waals surface area (Å²) in [5.41, 5.74) is -0.0115. The molecule has 108 valence electrons. The SMILES string of the molecule is COC(=O)CNC(=O)Nc1c(Br)cc(Br)cc1C(=O)O. The highest BCUT2D eigenvalue weighted by Gasteiger charge is 2.17. The van der Waals surface area contributed by atoms with E-state index in [1.54, 1.807) is 6.07 Å². The fraction of sp³-hybridized carbons (Fsp3) is 0.182. The first-order valence-electron chi connectivity index (χ1n) is 5.19. The molecule has 0 bridgehead atoms. The Hall–Kier alpha value is -1.61. The number of amides is 2. The topological polar surface area (TPSA) is 105 Å². The number of hydrogen-bond donors (Lipinski definition) is 3. The van der Waals surface area contributed by atoms with Crippen molar-refractivity contribution in [1.29, 1.82) is 0 Å². The molecule has 9 heteroatoms. The molecule has 0 aliphatic heterocycles. The summed E-state index contributed by atoms with van der Waals surface area (Å²) in [4.78, 5) is 33.6. The average molecular weight is 410 g/mol. The minimum Gasteiger partial charge on any atom is -0.478 e. The van der Waals surface area contributed by atoms with E-state index in [9.17, 15) is 14.4 Å². The van der Waals surface area contributed by atoms with Crippen LogP contribution in [0.3, 0.4) is 0 Å². The average Bonchev–Trinajstić information content (AvgIpc) is 2.38. The summed E-state index contributed by atoms with van der Waals surface area (Å²) in [6.07, 6.45) is 0. The van der Waals surface area contributed by atoms with Gasteiger partial charge in [0.05, 0.1) is 18.4 Å². The van der Waals surface area contributed by atoms with Gasteiger partial charge in [-0.15, -0.1) is 0 Å². The molecule has 0 unspecified atom stereocenters. The van der Waals surface area contributed by atoms with Gasteiger partial charge in [-0.3, -0.25) is 4.79 Å². The van der Waals surface area contributed by atoms with Crippen LogP contribution in [0.4, 0.5) is 10.5 Å². The van der Waals surface area contributed by atoms with Crippen molar-refractivity contribution in [1.82, 2.24) is 5.32 Å². The number of ether oxygens (including phenoxy) is 1. The molecule has 0 spiro atoms. The first-order chi connectivity index (χ1) is 9.35. The Balaban J connectivity index is 2.89. The van der Waals surface area contributed by atoms with Crippen molar-refractivity contribution in [3.05, 3.63) is 26.6 Å². The lowest BCUT2D eigenvalue weighted by Crippen LogP contribution is -2.34. The van der Waals surface area contributed by atoms with Gasteiger partial charge in [0.25, 0.3) is 0 Å². The van der Waals surface area contributed by atoms with Gasteiger partial charge in [0, 0.05) is 8.95 Å². The van der Waals surface area contributed by atoms with Crippen LogP contribution >= 0.6 is 31.9 Å². The molecule has 0 fully saturated rings. The summed E-state index contributed by atoms with van der Waals surface area (Å²) in [5, 5.41) is 13.7. The highest BCUT2D eigenvalue weighted by atomic mass is 79.9. The third-order valence-corrected chi connectivity index (χ3v) is 3.23. The molecule has 1 rings (SSSR count).